The third-order valence-electron chi connectivity index (χ3n) is 3.80. The molecule has 0 aliphatic heterocycles. The molecule has 0 unspecified atom stereocenters. The van der Waals surface area contributed by atoms with Gasteiger partial charge in [0.15, 0.2) is 5.78 Å². The predicted octanol–water partition coefficient (Wildman–Crippen LogP) is 4.89. The third-order valence-corrected chi connectivity index (χ3v) is 3.80. The Morgan fingerprint density at radius 1 is 0.905 bits per heavy atom. The van der Waals surface area contributed by atoms with Crippen molar-refractivity contribution in [3.8, 4) is 11.1 Å². The molecule has 0 aromatic heterocycles. The number of halogens is 3. The van der Waals surface area contributed by atoms with Gasteiger partial charge in [0.1, 0.15) is 0 Å². The number of ketones is 1. The van der Waals surface area contributed by atoms with Gasteiger partial charge < -0.3 is 0 Å². The van der Waals surface area contributed by atoms with E-state index in [9.17, 15) is 18.0 Å². The minimum absolute atomic E-state index is 0.0758. The molecule has 0 amide bonds. The van der Waals surface area contributed by atoms with E-state index in [1.54, 1.807) is 24.3 Å². The number of benzene rings is 2. The van der Waals surface area contributed by atoms with Gasteiger partial charge in [0.2, 0.25) is 0 Å². The summed E-state index contributed by atoms with van der Waals surface area (Å²) in [4.78, 5) is 11.8. The number of hydrogen-bond donors (Lipinski definition) is 0. The SMILES string of the molecule is O=C1CCCc2cc(-c3ccccc3C(F)(F)F)ccc21. The highest BCUT2D eigenvalue weighted by molar-refractivity contribution is 5.99. The minimum Gasteiger partial charge on any atom is -0.294 e. The van der Waals surface area contributed by atoms with E-state index >= 15 is 0 Å². The van der Waals surface area contributed by atoms with E-state index in [4.69, 9.17) is 0 Å². The quantitative estimate of drug-likeness (QED) is 0.730. The molecule has 0 saturated heterocycles. The second kappa shape index (κ2) is 5.02. The largest absolute Gasteiger partial charge is 0.417 e. The zero-order valence-corrected chi connectivity index (χ0v) is 11.2. The molecule has 0 fully saturated rings. The van der Waals surface area contributed by atoms with E-state index in [0.717, 1.165) is 24.5 Å². The van der Waals surface area contributed by atoms with Gasteiger partial charge >= 0.3 is 6.18 Å². The summed E-state index contributed by atoms with van der Waals surface area (Å²) in [5.74, 6) is 0.0758. The maximum absolute atomic E-state index is 13.1. The summed E-state index contributed by atoms with van der Waals surface area (Å²) in [6.45, 7) is 0. The van der Waals surface area contributed by atoms with Crippen molar-refractivity contribution >= 4 is 5.78 Å². The van der Waals surface area contributed by atoms with E-state index < -0.39 is 11.7 Å². The molecule has 0 radical (unpaired) electrons. The normalized spacial score (nSPS) is 14.9. The van der Waals surface area contributed by atoms with Crippen LogP contribution in [0.3, 0.4) is 0 Å². The Kier molecular flexibility index (Phi) is 3.32. The number of rotatable bonds is 1. The molecule has 0 atom stereocenters. The summed E-state index contributed by atoms with van der Waals surface area (Å²) in [7, 11) is 0. The van der Waals surface area contributed by atoms with Gasteiger partial charge in [-0.25, -0.2) is 0 Å². The average Bonchev–Trinajstić information content (AvgIpc) is 2.46. The molecule has 2 aromatic carbocycles. The molecule has 3 rings (SSSR count). The zero-order valence-electron chi connectivity index (χ0n) is 11.2. The van der Waals surface area contributed by atoms with Gasteiger partial charge in [-0.3, -0.25) is 4.79 Å². The number of hydrogen-bond acceptors (Lipinski definition) is 1. The molecule has 0 saturated carbocycles. The lowest BCUT2D eigenvalue weighted by Gasteiger charge is -2.17. The Bertz CT molecular complexity index is 701. The van der Waals surface area contributed by atoms with E-state index in [1.165, 1.54) is 12.1 Å². The van der Waals surface area contributed by atoms with E-state index in [-0.39, 0.29) is 11.3 Å². The lowest BCUT2D eigenvalue weighted by Crippen LogP contribution is -2.11. The van der Waals surface area contributed by atoms with Crippen LogP contribution in [0.5, 0.6) is 0 Å². The van der Waals surface area contributed by atoms with Crippen LogP contribution in [0.4, 0.5) is 13.2 Å². The number of carbonyl (C=O) groups is 1. The summed E-state index contributed by atoms with van der Waals surface area (Å²) in [6.07, 6.45) is -2.37. The maximum atomic E-state index is 13.1. The third kappa shape index (κ3) is 2.58. The molecule has 0 spiro atoms. The second-order valence-electron chi connectivity index (χ2n) is 5.19. The number of alkyl halides is 3. The highest BCUT2D eigenvalue weighted by Crippen LogP contribution is 2.38. The minimum atomic E-state index is -4.39. The van der Waals surface area contributed by atoms with Crippen LogP contribution in [-0.2, 0) is 12.6 Å². The Balaban J connectivity index is 2.12. The van der Waals surface area contributed by atoms with Gasteiger partial charge in [0, 0.05) is 12.0 Å². The van der Waals surface area contributed by atoms with Crippen LogP contribution in [0.25, 0.3) is 11.1 Å². The molecule has 108 valence electrons. The van der Waals surface area contributed by atoms with Gasteiger partial charge in [0.25, 0.3) is 0 Å². The molecule has 1 aliphatic rings. The van der Waals surface area contributed by atoms with Gasteiger partial charge in [0.05, 0.1) is 5.56 Å². The molecule has 1 nitrogen and oxygen atoms in total. The molecule has 0 N–H and O–H groups in total. The molecule has 0 bridgehead atoms. The van der Waals surface area contributed by atoms with Crippen LogP contribution in [0.15, 0.2) is 42.5 Å². The predicted molar refractivity (Wildman–Crippen MR) is 74.1 cm³/mol. The van der Waals surface area contributed by atoms with Crippen LogP contribution in [0.2, 0.25) is 0 Å². The standard InChI is InChI=1S/C17H13F3O/c18-17(19,20)15-6-2-1-5-13(15)12-8-9-14-11(10-12)4-3-7-16(14)21/h1-2,5-6,8-10H,3-4,7H2. The first-order valence-electron chi connectivity index (χ1n) is 6.79. The molecule has 21 heavy (non-hydrogen) atoms. The van der Waals surface area contributed by atoms with E-state index in [1.807, 2.05) is 0 Å². The van der Waals surface area contributed by atoms with Crippen LogP contribution in [-0.4, -0.2) is 5.78 Å². The Hall–Kier alpha value is -2.10. The van der Waals surface area contributed by atoms with Crippen LogP contribution in [0, 0.1) is 0 Å². The number of Topliss-reactive ketones (excluding diaryl/α,β-unsaturated/α-hetero) is 1. The smallest absolute Gasteiger partial charge is 0.294 e. The second-order valence-corrected chi connectivity index (χ2v) is 5.19. The molecular weight excluding hydrogens is 277 g/mol. The van der Waals surface area contributed by atoms with Crippen molar-refractivity contribution < 1.29 is 18.0 Å². The van der Waals surface area contributed by atoms with Crippen molar-refractivity contribution in [2.45, 2.75) is 25.4 Å². The maximum Gasteiger partial charge on any atom is 0.417 e. The summed E-state index contributed by atoms with van der Waals surface area (Å²) in [6, 6.07) is 10.5. The van der Waals surface area contributed by atoms with E-state index in [2.05, 4.69) is 0 Å². The Morgan fingerprint density at radius 2 is 1.67 bits per heavy atom. The van der Waals surface area contributed by atoms with Crippen molar-refractivity contribution in [1.82, 2.24) is 0 Å². The van der Waals surface area contributed by atoms with Crippen LogP contribution in [0.1, 0.15) is 34.3 Å². The number of carbonyl (C=O) groups excluding carboxylic acids is 1. The fraction of sp³-hybridized carbons (Fsp3) is 0.235. The highest BCUT2D eigenvalue weighted by Gasteiger charge is 2.33. The summed E-state index contributed by atoms with van der Waals surface area (Å²) in [5.41, 5.74) is 1.52. The Labute approximate surface area is 120 Å². The first-order valence-corrected chi connectivity index (χ1v) is 6.79. The van der Waals surface area contributed by atoms with Gasteiger partial charge in [-0.15, -0.1) is 0 Å². The van der Waals surface area contributed by atoms with Crippen molar-refractivity contribution in [2.75, 3.05) is 0 Å². The lowest BCUT2D eigenvalue weighted by atomic mass is 9.87. The van der Waals surface area contributed by atoms with Gasteiger partial charge in [-0.05, 0) is 35.6 Å². The van der Waals surface area contributed by atoms with Gasteiger partial charge in [-0.2, -0.15) is 13.2 Å². The number of aryl methyl sites for hydroxylation is 1. The highest BCUT2D eigenvalue weighted by atomic mass is 19.4. The van der Waals surface area contributed by atoms with Crippen molar-refractivity contribution in [1.29, 1.82) is 0 Å². The number of fused-ring (bicyclic) bond motifs is 1. The fourth-order valence-electron chi connectivity index (χ4n) is 2.80. The molecule has 2 aromatic rings. The first kappa shape index (κ1) is 13.9. The van der Waals surface area contributed by atoms with E-state index in [0.29, 0.717) is 17.5 Å². The Morgan fingerprint density at radius 3 is 2.43 bits per heavy atom. The average molecular weight is 290 g/mol. The van der Waals surface area contributed by atoms with Crippen molar-refractivity contribution in [3.63, 3.8) is 0 Å². The summed E-state index contributed by atoms with van der Waals surface area (Å²) in [5, 5.41) is 0. The molecular formula is C17H13F3O. The molecule has 4 heteroatoms. The van der Waals surface area contributed by atoms with Crippen molar-refractivity contribution in [3.05, 3.63) is 59.2 Å². The monoisotopic (exact) mass is 290 g/mol. The summed E-state index contributed by atoms with van der Waals surface area (Å²) >= 11 is 0. The van der Waals surface area contributed by atoms with Crippen LogP contribution < -0.4 is 0 Å². The first-order chi connectivity index (χ1) is 9.97. The topological polar surface area (TPSA) is 17.1 Å². The van der Waals surface area contributed by atoms with Gasteiger partial charge in [-0.1, -0.05) is 36.4 Å². The summed E-state index contributed by atoms with van der Waals surface area (Å²) < 4.78 is 39.2. The lowest BCUT2D eigenvalue weighted by molar-refractivity contribution is -0.137. The fourth-order valence-corrected chi connectivity index (χ4v) is 2.80. The zero-order chi connectivity index (χ0) is 15.0. The molecule has 1 aliphatic carbocycles. The van der Waals surface area contributed by atoms with Crippen LogP contribution >= 0.6 is 0 Å². The van der Waals surface area contributed by atoms with Crippen molar-refractivity contribution in [2.24, 2.45) is 0 Å². The molecule has 0 heterocycles.